The van der Waals surface area contributed by atoms with E-state index in [9.17, 15) is 9.59 Å². The predicted octanol–water partition coefficient (Wildman–Crippen LogP) is 1.50. The van der Waals surface area contributed by atoms with Gasteiger partial charge in [0.1, 0.15) is 5.25 Å². The second-order valence-corrected chi connectivity index (χ2v) is 7.36. The van der Waals surface area contributed by atoms with Gasteiger partial charge in [0.25, 0.3) is 0 Å². The number of carbonyl (C=O) groups is 2. The molecule has 2 aliphatic heterocycles. The van der Waals surface area contributed by atoms with E-state index in [1.165, 1.54) is 17.3 Å². The van der Waals surface area contributed by atoms with Gasteiger partial charge in [0.05, 0.1) is 12.6 Å². The number of amides is 2. The maximum Gasteiger partial charge on any atom is 0.240 e. The van der Waals surface area contributed by atoms with Crippen molar-refractivity contribution >= 4 is 28.7 Å². The van der Waals surface area contributed by atoms with Crippen LogP contribution < -0.4 is 10.6 Å². The Labute approximate surface area is 151 Å². The fraction of sp³-hybridized carbons (Fsp3) is 0.500. The molecule has 25 heavy (non-hydrogen) atoms. The molecule has 6 nitrogen and oxygen atoms in total. The van der Waals surface area contributed by atoms with Crippen LogP contribution in [0.2, 0.25) is 0 Å². The largest absolute Gasteiger partial charge is 0.376 e. The zero-order chi connectivity index (χ0) is 17.5. The minimum Gasteiger partial charge on any atom is -0.376 e. The van der Waals surface area contributed by atoms with Crippen LogP contribution in [-0.2, 0) is 20.7 Å². The van der Waals surface area contributed by atoms with Crippen molar-refractivity contribution in [3.05, 3.63) is 35.9 Å². The number of ether oxygens (including phenoxy) is 1. The van der Waals surface area contributed by atoms with Crippen LogP contribution in [0.4, 0.5) is 0 Å². The molecule has 0 radical (unpaired) electrons. The van der Waals surface area contributed by atoms with E-state index in [1.807, 2.05) is 30.3 Å². The summed E-state index contributed by atoms with van der Waals surface area (Å²) < 4.78 is 5.52. The lowest BCUT2D eigenvalue weighted by Crippen LogP contribution is -2.32. The lowest BCUT2D eigenvalue weighted by atomic mass is 10.1. The van der Waals surface area contributed by atoms with Gasteiger partial charge in [-0.25, -0.2) is 0 Å². The molecular weight excluding hydrogens is 338 g/mol. The van der Waals surface area contributed by atoms with E-state index in [4.69, 9.17) is 4.74 Å². The number of amidine groups is 1. The Morgan fingerprint density at radius 1 is 1.36 bits per heavy atom. The zero-order valence-electron chi connectivity index (χ0n) is 14.1. The van der Waals surface area contributed by atoms with Crippen molar-refractivity contribution in [1.29, 1.82) is 0 Å². The first-order valence-corrected chi connectivity index (χ1v) is 9.53. The first kappa shape index (κ1) is 17.9. The zero-order valence-corrected chi connectivity index (χ0v) is 14.9. The SMILES string of the molecule is O=C(C[C@@H]1SC(=NC[C@H]2CCCO2)NC1=O)NCCc1ccccc1. The monoisotopic (exact) mass is 361 g/mol. The molecule has 7 heteroatoms. The first-order chi connectivity index (χ1) is 12.2. The van der Waals surface area contributed by atoms with Gasteiger partial charge >= 0.3 is 0 Å². The number of carbonyl (C=O) groups excluding carboxylic acids is 2. The standard InChI is InChI=1S/C18H23N3O3S/c22-16(19-9-8-13-5-2-1-3-6-13)11-15-17(23)21-18(25-15)20-12-14-7-4-10-24-14/h1-3,5-6,14-15H,4,7-12H2,(H,19,22)(H,20,21,23)/t14-,15+/m1/s1. The van der Waals surface area contributed by atoms with Gasteiger partial charge in [-0.2, -0.15) is 0 Å². The molecule has 134 valence electrons. The minimum absolute atomic E-state index is 0.107. The smallest absolute Gasteiger partial charge is 0.240 e. The second kappa shape index (κ2) is 9.01. The molecule has 0 aliphatic carbocycles. The lowest BCUT2D eigenvalue weighted by Gasteiger charge is -2.07. The molecule has 2 N–H and O–H groups in total. The van der Waals surface area contributed by atoms with E-state index in [0.717, 1.165) is 25.9 Å². The third-order valence-electron chi connectivity index (χ3n) is 4.19. The molecule has 2 heterocycles. The quantitative estimate of drug-likeness (QED) is 0.771. The Hall–Kier alpha value is -1.86. The fourth-order valence-electron chi connectivity index (χ4n) is 2.82. The van der Waals surface area contributed by atoms with E-state index in [1.54, 1.807) is 0 Å². The van der Waals surface area contributed by atoms with E-state index < -0.39 is 5.25 Å². The van der Waals surface area contributed by atoms with Crippen molar-refractivity contribution in [3.63, 3.8) is 0 Å². The van der Waals surface area contributed by atoms with Gasteiger partial charge in [-0.05, 0) is 24.8 Å². The molecule has 1 aromatic rings. The Morgan fingerprint density at radius 2 is 2.20 bits per heavy atom. The summed E-state index contributed by atoms with van der Waals surface area (Å²) in [6, 6.07) is 9.99. The highest BCUT2D eigenvalue weighted by atomic mass is 32.2. The van der Waals surface area contributed by atoms with Crippen LogP contribution in [0.15, 0.2) is 35.3 Å². The van der Waals surface area contributed by atoms with Gasteiger partial charge < -0.3 is 15.4 Å². The summed E-state index contributed by atoms with van der Waals surface area (Å²) in [6.07, 6.45) is 3.20. The molecule has 0 aromatic heterocycles. The van der Waals surface area contributed by atoms with Crippen molar-refractivity contribution in [3.8, 4) is 0 Å². The summed E-state index contributed by atoms with van der Waals surface area (Å²) >= 11 is 1.33. The molecule has 0 bridgehead atoms. The lowest BCUT2D eigenvalue weighted by molar-refractivity contribution is -0.125. The van der Waals surface area contributed by atoms with Crippen molar-refractivity contribution in [1.82, 2.24) is 10.6 Å². The fourth-order valence-corrected chi connectivity index (χ4v) is 3.80. The number of nitrogens with one attached hydrogen (secondary N) is 2. The van der Waals surface area contributed by atoms with E-state index in [2.05, 4.69) is 15.6 Å². The molecule has 2 fully saturated rings. The number of hydrogen-bond acceptors (Lipinski definition) is 5. The van der Waals surface area contributed by atoms with Crippen molar-refractivity contribution in [2.45, 2.75) is 37.0 Å². The van der Waals surface area contributed by atoms with Gasteiger partial charge in [0.2, 0.25) is 11.8 Å². The molecule has 2 aliphatic rings. The number of nitrogens with zero attached hydrogens (tertiary/aromatic N) is 1. The van der Waals surface area contributed by atoms with Crippen molar-refractivity contribution in [2.24, 2.45) is 4.99 Å². The summed E-state index contributed by atoms with van der Waals surface area (Å²) in [7, 11) is 0. The number of benzene rings is 1. The van der Waals surface area contributed by atoms with Gasteiger partial charge in [0, 0.05) is 19.6 Å². The van der Waals surface area contributed by atoms with Crippen molar-refractivity contribution in [2.75, 3.05) is 19.7 Å². The maximum absolute atomic E-state index is 12.0. The molecular formula is C18H23N3O3S. The van der Waals surface area contributed by atoms with Gasteiger partial charge in [-0.3, -0.25) is 14.6 Å². The van der Waals surface area contributed by atoms with Crippen molar-refractivity contribution < 1.29 is 14.3 Å². The highest BCUT2D eigenvalue weighted by Crippen LogP contribution is 2.23. The maximum atomic E-state index is 12.0. The average Bonchev–Trinajstić information content (AvgIpc) is 3.24. The summed E-state index contributed by atoms with van der Waals surface area (Å²) in [5, 5.41) is 5.83. The number of rotatable bonds is 7. The van der Waals surface area contributed by atoms with Crippen LogP contribution in [0.1, 0.15) is 24.8 Å². The van der Waals surface area contributed by atoms with E-state index in [0.29, 0.717) is 18.3 Å². The molecule has 1 aromatic carbocycles. The summed E-state index contributed by atoms with van der Waals surface area (Å²) in [5.74, 6) is -0.252. The van der Waals surface area contributed by atoms with Crippen LogP contribution in [0, 0.1) is 0 Å². The van der Waals surface area contributed by atoms with Gasteiger partial charge in [-0.15, -0.1) is 0 Å². The molecule has 2 saturated heterocycles. The second-order valence-electron chi connectivity index (χ2n) is 6.17. The summed E-state index contributed by atoms with van der Waals surface area (Å²) in [4.78, 5) is 28.4. The Balaban J connectivity index is 1.39. The molecule has 3 rings (SSSR count). The van der Waals surface area contributed by atoms with E-state index >= 15 is 0 Å². The van der Waals surface area contributed by atoms with E-state index in [-0.39, 0.29) is 24.3 Å². The van der Waals surface area contributed by atoms with Gasteiger partial charge in [-0.1, -0.05) is 42.1 Å². The number of hydrogen-bond donors (Lipinski definition) is 2. The third-order valence-corrected chi connectivity index (χ3v) is 5.31. The summed E-state index contributed by atoms with van der Waals surface area (Å²) in [5.41, 5.74) is 1.18. The molecule has 0 unspecified atom stereocenters. The molecule has 2 atom stereocenters. The molecule has 0 saturated carbocycles. The number of thioether (sulfide) groups is 1. The first-order valence-electron chi connectivity index (χ1n) is 8.65. The van der Waals surface area contributed by atoms with Crippen LogP contribution in [0.25, 0.3) is 0 Å². The topological polar surface area (TPSA) is 79.8 Å². The normalized spacial score (nSPS) is 24.5. The average molecular weight is 361 g/mol. The molecule has 2 amide bonds. The Kier molecular flexibility index (Phi) is 6.47. The number of aliphatic imine (C=N–C) groups is 1. The molecule has 0 spiro atoms. The Bertz CT molecular complexity index is 630. The predicted molar refractivity (Wildman–Crippen MR) is 98.6 cm³/mol. The highest BCUT2D eigenvalue weighted by Gasteiger charge is 2.32. The van der Waals surface area contributed by atoms with Crippen LogP contribution >= 0.6 is 11.8 Å². The highest BCUT2D eigenvalue weighted by molar-refractivity contribution is 8.15. The Morgan fingerprint density at radius 3 is 2.96 bits per heavy atom. The van der Waals surface area contributed by atoms with Gasteiger partial charge in [0.15, 0.2) is 5.17 Å². The third kappa shape index (κ3) is 5.57. The van der Waals surface area contributed by atoms with Crippen LogP contribution in [-0.4, -0.2) is 48.0 Å². The van der Waals surface area contributed by atoms with Crippen LogP contribution in [0.5, 0.6) is 0 Å². The minimum atomic E-state index is -0.403. The van der Waals surface area contributed by atoms with Crippen LogP contribution in [0.3, 0.4) is 0 Å². The summed E-state index contributed by atoms with van der Waals surface area (Å²) in [6.45, 7) is 1.93.